The van der Waals surface area contributed by atoms with Gasteiger partial charge in [-0.3, -0.25) is 14.4 Å². The molecular weight excluding hydrogens is 470 g/mol. The van der Waals surface area contributed by atoms with Gasteiger partial charge in [-0.15, -0.1) is 12.4 Å². The van der Waals surface area contributed by atoms with Gasteiger partial charge in [-0.25, -0.2) is 0 Å². The van der Waals surface area contributed by atoms with Gasteiger partial charge in [0, 0.05) is 40.7 Å². The van der Waals surface area contributed by atoms with Crippen molar-refractivity contribution >= 4 is 41.5 Å². The Balaban J connectivity index is 0.00000306. The molecule has 2 aromatic rings. The maximum absolute atomic E-state index is 13.4. The lowest BCUT2D eigenvalue weighted by Gasteiger charge is -2.38. The number of ether oxygens (including phenoxy) is 1. The summed E-state index contributed by atoms with van der Waals surface area (Å²) in [6.07, 6.45) is -0.301. The first-order chi connectivity index (χ1) is 15.2. The summed E-state index contributed by atoms with van der Waals surface area (Å²) in [6.45, 7) is 1.57. The van der Waals surface area contributed by atoms with E-state index in [1.807, 2.05) is 0 Å². The molecule has 0 saturated heterocycles. The lowest BCUT2D eigenvalue weighted by Crippen LogP contribution is -2.44. The second-order valence-electron chi connectivity index (χ2n) is 8.00. The van der Waals surface area contributed by atoms with Crippen LogP contribution < -0.4 is 10.5 Å². The number of fused-ring (bicyclic) bond motifs is 3. The maximum Gasteiger partial charge on any atom is 0.202 e. The molecule has 2 aromatic carbocycles. The summed E-state index contributed by atoms with van der Waals surface area (Å²) in [4.78, 5) is 38.9. The molecule has 0 saturated carbocycles. The number of aromatic hydroxyl groups is 2. The first kappa shape index (κ1) is 25.0. The number of benzene rings is 2. The van der Waals surface area contributed by atoms with Gasteiger partial charge in [0.1, 0.15) is 22.8 Å². The second kappa shape index (κ2) is 8.98. The largest absolute Gasteiger partial charge is 0.507 e. The van der Waals surface area contributed by atoms with Crippen LogP contribution in [0.4, 0.5) is 0 Å². The number of ketones is 3. The number of hydrogen-bond donors (Lipinski definition) is 4. The molecule has 0 amide bonds. The van der Waals surface area contributed by atoms with Crippen molar-refractivity contribution in [1.82, 2.24) is 0 Å². The predicted octanol–water partition coefficient (Wildman–Crippen LogP) is 2.30. The van der Waals surface area contributed by atoms with Gasteiger partial charge >= 0.3 is 0 Å². The minimum Gasteiger partial charge on any atom is -0.507 e. The molecule has 5 N–H and O–H groups in total. The van der Waals surface area contributed by atoms with Crippen molar-refractivity contribution in [2.24, 2.45) is 5.73 Å². The Hall–Kier alpha value is -2.59. The zero-order chi connectivity index (χ0) is 23.4. The van der Waals surface area contributed by atoms with E-state index in [2.05, 4.69) is 0 Å². The maximum atomic E-state index is 13.4. The number of carbonyl (C=O) groups is 3. The number of Topliss-reactive ketones (excluding diaryl/α,β-unsaturated/α-hetero) is 1. The van der Waals surface area contributed by atoms with E-state index in [9.17, 15) is 29.7 Å². The summed E-state index contributed by atoms with van der Waals surface area (Å²) in [5.41, 5.74) is 3.61. The molecule has 8 nitrogen and oxygen atoms in total. The van der Waals surface area contributed by atoms with Crippen LogP contribution >= 0.6 is 24.2 Å². The number of phenols is 2. The van der Waals surface area contributed by atoms with Crippen LogP contribution in [0.15, 0.2) is 18.2 Å². The Labute approximate surface area is 200 Å². The van der Waals surface area contributed by atoms with E-state index in [4.69, 9.17) is 10.5 Å². The minimum atomic E-state index is -1.78. The Morgan fingerprint density at radius 3 is 2.45 bits per heavy atom. The minimum absolute atomic E-state index is 0. The molecule has 0 heterocycles. The van der Waals surface area contributed by atoms with Crippen molar-refractivity contribution in [3.63, 3.8) is 0 Å². The Bertz CT molecular complexity index is 1180. The predicted molar refractivity (Wildman–Crippen MR) is 125 cm³/mol. The molecule has 0 aliphatic heterocycles. The van der Waals surface area contributed by atoms with Crippen LogP contribution in [-0.4, -0.2) is 57.7 Å². The molecule has 0 spiro atoms. The Morgan fingerprint density at radius 1 is 1.18 bits per heavy atom. The number of methoxy groups -OCH3 is 1. The third-order valence-electron chi connectivity index (χ3n) is 6.17. The standard InChI is InChI=1S/C23H23NO7S.ClH/c1-10(25)23(30)8-12-16(14(9-23)32-7-6-24)22(29)18-17(20(12)27)19(26)11-4-3-5-13(31-2)15(11)21(18)28;/h3-5,14,27,29-30H,6-9,24H2,1-2H3;1H. The van der Waals surface area contributed by atoms with Crippen molar-refractivity contribution < 1.29 is 34.4 Å². The fourth-order valence-electron chi connectivity index (χ4n) is 4.54. The number of halogens is 1. The topological polar surface area (TPSA) is 147 Å². The second-order valence-corrected chi connectivity index (χ2v) is 9.31. The number of rotatable bonds is 5. The average molecular weight is 494 g/mol. The first-order valence-corrected chi connectivity index (χ1v) is 11.1. The molecular formula is C23H24ClNO7S. The van der Waals surface area contributed by atoms with Crippen molar-refractivity contribution in [3.05, 3.63) is 51.6 Å². The van der Waals surface area contributed by atoms with E-state index in [0.29, 0.717) is 12.3 Å². The molecule has 0 aromatic heterocycles. The van der Waals surface area contributed by atoms with Crippen molar-refractivity contribution in [3.8, 4) is 17.2 Å². The molecule has 2 aliphatic rings. The van der Waals surface area contributed by atoms with Crippen LogP contribution in [0.5, 0.6) is 17.2 Å². The summed E-state index contributed by atoms with van der Waals surface area (Å²) in [5, 5.41) is 32.7. The highest BCUT2D eigenvalue weighted by atomic mass is 35.5. The molecule has 0 fully saturated rings. The highest BCUT2D eigenvalue weighted by Crippen LogP contribution is 2.54. The van der Waals surface area contributed by atoms with Gasteiger partial charge in [-0.1, -0.05) is 12.1 Å². The molecule has 10 heteroatoms. The lowest BCUT2D eigenvalue weighted by atomic mass is 9.73. The first-order valence-electron chi connectivity index (χ1n) is 10.1. The van der Waals surface area contributed by atoms with Gasteiger partial charge in [0.15, 0.2) is 11.6 Å². The molecule has 2 aliphatic carbocycles. The van der Waals surface area contributed by atoms with E-state index in [0.717, 1.165) is 0 Å². The van der Waals surface area contributed by atoms with Gasteiger partial charge in [-0.05, 0) is 19.4 Å². The van der Waals surface area contributed by atoms with E-state index < -0.39 is 39.7 Å². The van der Waals surface area contributed by atoms with E-state index in [-0.39, 0.29) is 64.4 Å². The number of carbonyl (C=O) groups excluding carboxylic acids is 3. The third-order valence-corrected chi connectivity index (χ3v) is 7.44. The van der Waals surface area contributed by atoms with Gasteiger partial charge in [0.05, 0.1) is 23.8 Å². The summed E-state index contributed by atoms with van der Waals surface area (Å²) >= 11 is 1.30. The van der Waals surface area contributed by atoms with Crippen LogP contribution in [-0.2, 0) is 11.2 Å². The van der Waals surface area contributed by atoms with Gasteiger partial charge < -0.3 is 25.8 Å². The van der Waals surface area contributed by atoms with Crippen LogP contribution in [0.3, 0.4) is 0 Å². The summed E-state index contributed by atoms with van der Waals surface area (Å²) in [6, 6.07) is 4.54. The molecule has 0 bridgehead atoms. The molecule has 4 rings (SSSR count). The van der Waals surface area contributed by atoms with E-state index in [1.54, 1.807) is 6.07 Å². The van der Waals surface area contributed by atoms with Crippen LogP contribution in [0.25, 0.3) is 0 Å². The zero-order valence-electron chi connectivity index (χ0n) is 18.0. The van der Waals surface area contributed by atoms with E-state index in [1.165, 1.54) is 37.9 Å². The van der Waals surface area contributed by atoms with Crippen LogP contribution in [0.2, 0.25) is 0 Å². The smallest absolute Gasteiger partial charge is 0.202 e. The number of phenolic OH excluding ortho intramolecular Hbond substituents is 2. The van der Waals surface area contributed by atoms with Crippen molar-refractivity contribution in [1.29, 1.82) is 0 Å². The summed E-state index contributed by atoms with van der Waals surface area (Å²) in [7, 11) is 1.37. The molecule has 0 radical (unpaired) electrons. The highest BCUT2D eigenvalue weighted by Gasteiger charge is 2.47. The SMILES string of the molecule is COc1cccc2c1C(=O)c1c(O)c3c(c(O)c1C2=O)CC(O)(C(C)=O)CC3SCCN.Cl. The Kier molecular flexibility index (Phi) is 6.82. The third kappa shape index (κ3) is 3.69. The summed E-state index contributed by atoms with van der Waals surface area (Å²) < 4.78 is 5.25. The number of thioether (sulfide) groups is 1. The molecule has 2 atom stereocenters. The average Bonchev–Trinajstić information content (AvgIpc) is 2.77. The van der Waals surface area contributed by atoms with Crippen molar-refractivity contribution in [2.45, 2.75) is 30.6 Å². The number of hydrogen-bond acceptors (Lipinski definition) is 9. The molecule has 2 unspecified atom stereocenters. The van der Waals surface area contributed by atoms with Gasteiger partial charge in [0.2, 0.25) is 5.78 Å². The fourth-order valence-corrected chi connectivity index (χ4v) is 5.77. The quantitative estimate of drug-likeness (QED) is 0.393. The van der Waals surface area contributed by atoms with Gasteiger partial charge in [-0.2, -0.15) is 11.8 Å². The van der Waals surface area contributed by atoms with Crippen molar-refractivity contribution in [2.75, 3.05) is 19.4 Å². The zero-order valence-corrected chi connectivity index (χ0v) is 19.6. The molecule has 176 valence electrons. The summed E-state index contributed by atoms with van der Waals surface area (Å²) in [5.74, 6) is -2.07. The highest BCUT2D eigenvalue weighted by molar-refractivity contribution is 7.99. The fraction of sp³-hybridized carbons (Fsp3) is 0.348. The van der Waals surface area contributed by atoms with Crippen LogP contribution in [0.1, 0.15) is 61.6 Å². The van der Waals surface area contributed by atoms with Gasteiger partial charge in [0.25, 0.3) is 0 Å². The lowest BCUT2D eigenvalue weighted by molar-refractivity contribution is -0.136. The van der Waals surface area contributed by atoms with Crippen LogP contribution in [0, 0.1) is 0 Å². The van der Waals surface area contributed by atoms with E-state index >= 15 is 0 Å². The Morgan fingerprint density at radius 2 is 1.85 bits per heavy atom. The monoisotopic (exact) mass is 493 g/mol. The number of nitrogens with two attached hydrogens (primary N) is 1. The number of aliphatic hydroxyl groups is 1. The normalized spacial score (nSPS) is 20.9. The molecule has 33 heavy (non-hydrogen) atoms.